The molecule has 2 rings (SSSR count). The minimum Gasteiger partial charge on any atom is -0.487 e. The van der Waals surface area contributed by atoms with Gasteiger partial charge >= 0.3 is 0 Å². The van der Waals surface area contributed by atoms with E-state index >= 15 is 0 Å². The Hall–Kier alpha value is -1.51. The van der Waals surface area contributed by atoms with Crippen molar-refractivity contribution >= 4 is 27.5 Å². The Morgan fingerprint density at radius 3 is 2.52 bits per heavy atom. The summed E-state index contributed by atoms with van der Waals surface area (Å²) in [7, 11) is 0. The number of hydrogen-bond acceptors (Lipinski definition) is 1. The van der Waals surface area contributed by atoms with Gasteiger partial charge < -0.3 is 4.74 Å². The maximum atomic E-state index is 6.24. The van der Waals surface area contributed by atoms with Gasteiger partial charge in [-0.3, -0.25) is 0 Å². The van der Waals surface area contributed by atoms with E-state index in [0.717, 1.165) is 46.2 Å². The van der Waals surface area contributed by atoms with E-state index in [-0.39, 0.29) is 5.38 Å². The second-order valence-corrected chi connectivity index (χ2v) is 8.47. The lowest BCUT2D eigenvalue weighted by atomic mass is 9.94. The fourth-order valence-corrected chi connectivity index (χ4v) is 3.92. The van der Waals surface area contributed by atoms with E-state index in [1.54, 1.807) is 0 Å². The number of halogens is 2. The molecule has 0 amide bonds. The molecule has 1 aliphatic rings. The van der Waals surface area contributed by atoms with Gasteiger partial charge in [0.1, 0.15) is 12.4 Å². The van der Waals surface area contributed by atoms with Gasteiger partial charge in [-0.2, -0.15) is 0 Å². The molecule has 27 heavy (non-hydrogen) atoms. The fourth-order valence-electron chi connectivity index (χ4n) is 3.00. The molecule has 1 aliphatic carbocycles. The normalized spacial score (nSPS) is 16.3. The van der Waals surface area contributed by atoms with Gasteiger partial charge in [-0.25, -0.2) is 0 Å². The van der Waals surface area contributed by atoms with Crippen molar-refractivity contribution in [2.45, 2.75) is 45.4 Å². The predicted octanol–water partition coefficient (Wildman–Crippen LogP) is 7.56. The molecule has 1 unspecified atom stereocenters. The van der Waals surface area contributed by atoms with Crippen LogP contribution in [0.3, 0.4) is 0 Å². The fraction of sp³-hybridized carbons (Fsp3) is 0.333. The molecule has 0 fully saturated rings. The third kappa shape index (κ3) is 5.73. The molecule has 0 spiro atoms. The number of rotatable bonds is 8. The van der Waals surface area contributed by atoms with Gasteiger partial charge in [-0.15, -0.1) is 11.6 Å². The van der Waals surface area contributed by atoms with Gasteiger partial charge in [-0.05, 0) is 82.9 Å². The van der Waals surface area contributed by atoms with Crippen molar-refractivity contribution in [2.24, 2.45) is 0 Å². The Bertz CT molecular complexity index is 829. The van der Waals surface area contributed by atoms with Gasteiger partial charge in [-0.1, -0.05) is 56.0 Å². The van der Waals surface area contributed by atoms with Crippen LogP contribution in [-0.2, 0) is 6.42 Å². The maximum Gasteiger partial charge on any atom is 0.137 e. The largest absolute Gasteiger partial charge is 0.487 e. The molecule has 1 aromatic rings. The molecular weight excluding hydrogens is 420 g/mol. The zero-order valence-corrected chi connectivity index (χ0v) is 18.8. The van der Waals surface area contributed by atoms with Crippen molar-refractivity contribution in [2.75, 3.05) is 6.61 Å². The quantitative estimate of drug-likeness (QED) is 0.295. The Morgan fingerprint density at radius 2 is 1.89 bits per heavy atom. The summed E-state index contributed by atoms with van der Waals surface area (Å²) in [6.45, 7) is 19.1. The zero-order chi connectivity index (χ0) is 20.1. The van der Waals surface area contributed by atoms with Crippen LogP contribution in [0.4, 0.5) is 0 Å². The van der Waals surface area contributed by atoms with Crippen molar-refractivity contribution in [3.05, 3.63) is 87.5 Å². The van der Waals surface area contributed by atoms with E-state index in [1.165, 1.54) is 22.3 Å². The zero-order valence-electron chi connectivity index (χ0n) is 16.5. The average Bonchev–Trinajstić information content (AvgIpc) is 2.62. The Balaban J connectivity index is 2.13. The molecule has 0 radical (unpaired) electrons. The third-order valence-electron chi connectivity index (χ3n) is 4.95. The van der Waals surface area contributed by atoms with E-state index in [9.17, 15) is 0 Å². The highest BCUT2D eigenvalue weighted by molar-refractivity contribution is 9.10. The summed E-state index contributed by atoms with van der Waals surface area (Å²) in [5, 5.41) is -0.161. The number of benzene rings is 1. The summed E-state index contributed by atoms with van der Waals surface area (Å²) >= 11 is 9.92. The molecule has 0 heterocycles. The van der Waals surface area contributed by atoms with Crippen molar-refractivity contribution in [1.29, 1.82) is 0 Å². The van der Waals surface area contributed by atoms with Crippen LogP contribution >= 0.6 is 27.5 Å². The average molecular weight is 448 g/mol. The standard InChI is InChI=1S/C24H28BrClO/c1-7-15(2)10-16(3)11-21-13-22(25)24(19(6)18(21)5)27-14-20-9-8-17(4)23(26)12-20/h8-9,12-13,23H,2-4,7,10-11,14H2,1,5-6H3. The SMILES string of the molecule is C=C(CC)CC(=C)Cc1cc(Br)c(OCC2=CC(Cl)C(=C)C=C2)c(C)c1C. The second kappa shape index (κ2) is 9.61. The van der Waals surface area contributed by atoms with Crippen LogP contribution in [-0.4, -0.2) is 12.0 Å². The highest BCUT2D eigenvalue weighted by Gasteiger charge is 2.15. The molecule has 144 valence electrons. The molecule has 0 saturated heterocycles. The lowest BCUT2D eigenvalue weighted by Gasteiger charge is -2.19. The lowest BCUT2D eigenvalue weighted by Crippen LogP contribution is -2.09. The number of ether oxygens (including phenoxy) is 1. The van der Waals surface area contributed by atoms with Gasteiger partial charge in [0.25, 0.3) is 0 Å². The first kappa shape index (κ1) is 21.8. The Kier molecular flexibility index (Phi) is 7.76. The number of alkyl halides is 1. The van der Waals surface area contributed by atoms with Crippen LogP contribution in [0, 0.1) is 13.8 Å². The summed E-state index contributed by atoms with van der Waals surface area (Å²) in [5.74, 6) is 0.879. The lowest BCUT2D eigenvalue weighted by molar-refractivity contribution is 0.350. The van der Waals surface area contributed by atoms with Crippen LogP contribution in [0.1, 0.15) is 36.5 Å². The minimum atomic E-state index is -0.161. The van der Waals surface area contributed by atoms with Crippen molar-refractivity contribution in [3.8, 4) is 5.75 Å². The van der Waals surface area contributed by atoms with Crippen molar-refractivity contribution in [1.82, 2.24) is 0 Å². The van der Waals surface area contributed by atoms with Crippen LogP contribution in [0.25, 0.3) is 0 Å². The summed E-state index contributed by atoms with van der Waals surface area (Å²) in [5.41, 5.74) is 8.04. The van der Waals surface area contributed by atoms with Crippen LogP contribution in [0.15, 0.2) is 70.8 Å². The van der Waals surface area contributed by atoms with Gasteiger partial charge in [0, 0.05) is 0 Å². The Labute approximate surface area is 177 Å². The monoisotopic (exact) mass is 446 g/mol. The van der Waals surface area contributed by atoms with E-state index < -0.39 is 0 Å². The van der Waals surface area contributed by atoms with Gasteiger partial charge in [0.2, 0.25) is 0 Å². The molecule has 0 bridgehead atoms. The van der Waals surface area contributed by atoms with E-state index in [4.69, 9.17) is 16.3 Å². The molecule has 3 heteroatoms. The molecule has 0 N–H and O–H groups in total. The van der Waals surface area contributed by atoms with Crippen LogP contribution in [0.5, 0.6) is 5.75 Å². The summed E-state index contributed by atoms with van der Waals surface area (Å²) in [4.78, 5) is 0. The highest BCUT2D eigenvalue weighted by atomic mass is 79.9. The van der Waals surface area contributed by atoms with Gasteiger partial charge in [0.05, 0.1) is 9.85 Å². The van der Waals surface area contributed by atoms with E-state index in [2.05, 4.69) is 62.5 Å². The molecule has 1 nitrogen and oxygen atoms in total. The number of allylic oxidation sites excluding steroid dienone is 5. The van der Waals surface area contributed by atoms with Crippen LogP contribution in [0.2, 0.25) is 0 Å². The summed E-state index contributed by atoms with van der Waals surface area (Å²) in [6.07, 6.45) is 8.68. The molecule has 0 saturated carbocycles. The van der Waals surface area contributed by atoms with Crippen LogP contribution < -0.4 is 4.74 Å². The maximum absolute atomic E-state index is 6.24. The topological polar surface area (TPSA) is 9.23 Å². The molecule has 1 aromatic carbocycles. The highest BCUT2D eigenvalue weighted by Crippen LogP contribution is 2.35. The summed E-state index contributed by atoms with van der Waals surface area (Å²) in [6, 6.07) is 2.15. The van der Waals surface area contributed by atoms with E-state index in [1.807, 2.05) is 18.2 Å². The molecule has 0 aliphatic heterocycles. The first-order chi connectivity index (χ1) is 12.7. The van der Waals surface area contributed by atoms with Gasteiger partial charge in [0.15, 0.2) is 0 Å². The molecular formula is C24H28BrClO. The molecule has 1 atom stereocenters. The van der Waals surface area contributed by atoms with Crippen molar-refractivity contribution in [3.63, 3.8) is 0 Å². The predicted molar refractivity (Wildman–Crippen MR) is 122 cm³/mol. The van der Waals surface area contributed by atoms with E-state index in [0.29, 0.717) is 6.61 Å². The minimum absolute atomic E-state index is 0.161. The third-order valence-corrected chi connectivity index (χ3v) is 5.95. The van der Waals surface area contributed by atoms with Crippen molar-refractivity contribution < 1.29 is 4.74 Å². The molecule has 0 aromatic heterocycles. The smallest absolute Gasteiger partial charge is 0.137 e. The number of hydrogen-bond donors (Lipinski definition) is 0. The first-order valence-electron chi connectivity index (χ1n) is 9.19. The summed E-state index contributed by atoms with van der Waals surface area (Å²) < 4.78 is 7.09. The Morgan fingerprint density at radius 1 is 1.19 bits per heavy atom. The second-order valence-electron chi connectivity index (χ2n) is 7.14. The first-order valence-corrected chi connectivity index (χ1v) is 10.4.